The van der Waals surface area contributed by atoms with E-state index < -0.39 is 8.07 Å². The van der Waals surface area contributed by atoms with E-state index in [1.54, 1.807) is 6.92 Å². The minimum atomic E-state index is -1.02. The van der Waals surface area contributed by atoms with Gasteiger partial charge < -0.3 is 4.90 Å². The van der Waals surface area contributed by atoms with Crippen LogP contribution in [-0.4, -0.2) is 32.5 Å². The lowest BCUT2D eigenvalue weighted by Gasteiger charge is -2.27. The molecular formula is C11H25NOSi. The van der Waals surface area contributed by atoms with Crippen LogP contribution in [0.4, 0.5) is 0 Å². The molecule has 0 aliphatic carbocycles. The van der Waals surface area contributed by atoms with Crippen LogP contribution in [0.2, 0.25) is 24.7 Å². The highest BCUT2D eigenvalue weighted by molar-refractivity contribution is 6.78. The van der Waals surface area contributed by atoms with Gasteiger partial charge in [-0.25, -0.2) is 0 Å². The van der Waals surface area contributed by atoms with Gasteiger partial charge in [-0.1, -0.05) is 38.5 Å². The van der Waals surface area contributed by atoms with Gasteiger partial charge in [-0.05, 0) is 6.42 Å². The second-order valence-corrected chi connectivity index (χ2v) is 10.8. The van der Waals surface area contributed by atoms with Crippen LogP contribution in [0.5, 0.6) is 0 Å². The predicted octanol–water partition coefficient (Wildman–Crippen LogP) is 2.97. The molecule has 0 aliphatic heterocycles. The number of nitrogens with zero attached hydrogens (tertiary/aromatic N) is 1. The van der Waals surface area contributed by atoms with Crippen LogP contribution in [0, 0.1) is 0 Å². The summed E-state index contributed by atoms with van der Waals surface area (Å²) in [6.07, 6.45) is 1.16. The zero-order valence-corrected chi connectivity index (χ0v) is 11.6. The van der Waals surface area contributed by atoms with Crippen molar-refractivity contribution in [3.63, 3.8) is 0 Å². The smallest absolute Gasteiger partial charge is 0.219 e. The molecule has 0 bridgehead atoms. The van der Waals surface area contributed by atoms with Crippen molar-refractivity contribution >= 4 is 14.0 Å². The fourth-order valence-electron chi connectivity index (χ4n) is 1.22. The van der Waals surface area contributed by atoms with Gasteiger partial charge in [0.15, 0.2) is 0 Å². The Morgan fingerprint density at radius 3 is 2.21 bits per heavy atom. The molecule has 0 radical (unpaired) electrons. The van der Waals surface area contributed by atoms with E-state index in [0.717, 1.165) is 18.5 Å². The van der Waals surface area contributed by atoms with Crippen molar-refractivity contribution in [1.29, 1.82) is 0 Å². The van der Waals surface area contributed by atoms with Crippen LogP contribution in [0.1, 0.15) is 27.2 Å². The predicted molar refractivity (Wildman–Crippen MR) is 65.3 cm³/mol. The SMILES string of the molecule is CC(=O)N(C)CCC[Si](C)(C)C(C)C. The summed E-state index contributed by atoms with van der Waals surface area (Å²) >= 11 is 0. The number of carbonyl (C=O) groups excluding carboxylic acids is 1. The summed E-state index contributed by atoms with van der Waals surface area (Å²) in [7, 11) is 0.861. The molecule has 0 rings (SSSR count). The summed E-state index contributed by atoms with van der Waals surface area (Å²) in [6, 6.07) is 1.32. The topological polar surface area (TPSA) is 20.3 Å². The summed E-state index contributed by atoms with van der Waals surface area (Å²) in [5, 5.41) is 0. The molecule has 0 fully saturated rings. The van der Waals surface area contributed by atoms with Gasteiger partial charge in [0.1, 0.15) is 0 Å². The first-order valence-corrected chi connectivity index (χ1v) is 8.77. The third-order valence-corrected chi connectivity index (χ3v) is 8.18. The van der Waals surface area contributed by atoms with Gasteiger partial charge in [-0.3, -0.25) is 4.79 Å². The van der Waals surface area contributed by atoms with Crippen molar-refractivity contribution in [2.24, 2.45) is 0 Å². The summed E-state index contributed by atoms with van der Waals surface area (Å²) in [6.45, 7) is 12.1. The lowest BCUT2D eigenvalue weighted by Crippen LogP contribution is -2.32. The van der Waals surface area contributed by atoms with Crippen molar-refractivity contribution < 1.29 is 4.79 Å². The van der Waals surface area contributed by atoms with E-state index in [1.165, 1.54) is 6.04 Å². The molecule has 0 saturated heterocycles. The largest absolute Gasteiger partial charge is 0.346 e. The maximum absolute atomic E-state index is 11.0. The zero-order valence-electron chi connectivity index (χ0n) is 10.6. The lowest BCUT2D eigenvalue weighted by molar-refractivity contribution is -0.127. The number of rotatable bonds is 5. The third kappa shape index (κ3) is 4.79. The lowest BCUT2D eigenvalue weighted by atomic mass is 10.4. The van der Waals surface area contributed by atoms with Gasteiger partial charge in [0.05, 0.1) is 0 Å². The molecule has 0 aromatic carbocycles. The Morgan fingerprint density at radius 2 is 1.86 bits per heavy atom. The zero-order chi connectivity index (χ0) is 11.4. The second-order valence-electron chi connectivity index (χ2n) is 5.19. The van der Waals surface area contributed by atoms with Crippen molar-refractivity contribution in [3.8, 4) is 0 Å². The Balaban J connectivity index is 3.79. The van der Waals surface area contributed by atoms with E-state index in [0.29, 0.717) is 0 Å². The normalized spacial score (nSPS) is 11.9. The third-order valence-electron chi connectivity index (χ3n) is 3.42. The molecule has 3 heteroatoms. The molecule has 0 atom stereocenters. The van der Waals surface area contributed by atoms with Gasteiger partial charge in [0, 0.05) is 28.6 Å². The monoisotopic (exact) mass is 215 g/mol. The fraction of sp³-hybridized carbons (Fsp3) is 0.909. The Morgan fingerprint density at radius 1 is 1.36 bits per heavy atom. The summed E-state index contributed by atoms with van der Waals surface area (Å²) in [5.74, 6) is 0.175. The quantitative estimate of drug-likeness (QED) is 0.646. The maximum atomic E-state index is 11.0. The molecule has 1 amide bonds. The number of carbonyl (C=O) groups is 1. The maximum Gasteiger partial charge on any atom is 0.219 e. The van der Waals surface area contributed by atoms with Crippen LogP contribution in [0.3, 0.4) is 0 Å². The number of hydrogen-bond donors (Lipinski definition) is 0. The van der Waals surface area contributed by atoms with Crippen LogP contribution >= 0.6 is 0 Å². The van der Waals surface area contributed by atoms with Crippen LogP contribution in [0.15, 0.2) is 0 Å². The van der Waals surface area contributed by atoms with Gasteiger partial charge in [0.25, 0.3) is 0 Å². The highest BCUT2D eigenvalue weighted by atomic mass is 28.3. The van der Waals surface area contributed by atoms with E-state index in [-0.39, 0.29) is 5.91 Å². The Kier molecular flexibility index (Phi) is 5.42. The molecular weight excluding hydrogens is 190 g/mol. The van der Waals surface area contributed by atoms with Crippen molar-refractivity contribution in [3.05, 3.63) is 0 Å². The molecule has 14 heavy (non-hydrogen) atoms. The standard InChI is InChI=1S/C11H25NOSi/c1-10(2)14(5,6)9-7-8-12(4)11(3)13/h10H,7-9H2,1-6H3. The average Bonchev–Trinajstić information content (AvgIpc) is 2.03. The molecule has 0 heterocycles. The molecule has 0 unspecified atom stereocenters. The van der Waals surface area contributed by atoms with Crippen molar-refractivity contribution in [2.45, 2.75) is 51.9 Å². The minimum absolute atomic E-state index is 0.175. The van der Waals surface area contributed by atoms with E-state index in [9.17, 15) is 4.79 Å². The molecule has 0 spiro atoms. The van der Waals surface area contributed by atoms with E-state index in [4.69, 9.17) is 0 Å². The molecule has 0 N–H and O–H groups in total. The number of amides is 1. The highest BCUT2D eigenvalue weighted by Gasteiger charge is 2.24. The van der Waals surface area contributed by atoms with Crippen LogP contribution in [0.25, 0.3) is 0 Å². The summed E-state index contributed by atoms with van der Waals surface area (Å²) in [5.41, 5.74) is 0.838. The molecule has 0 saturated carbocycles. The Hall–Kier alpha value is -0.313. The van der Waals surface area contributed by atoms with Gasteiger partial charge in [-0.2, -0.15) is 0 Å². The first-order chi connectivity index (χ1) is 6.27. The van der Waals surface area contributed by atoms with Gasteiger partial charge in [-0.15, -0.1) is 0 Å². The molecule has 2 nitrogen and oxygen atoms in total. The van der Waals surface area contributed by atoms with Gasteiger partial charge >= 0.3 is 0 Å². The fourth-order valence-corrected chi connectivity index (χ4v) is 2.86. The molecule has 0 aromatic heterocycles. The highest BCUT2D eigenvalue weighted by Crippen LogP contribution is 2.25. The average molecular weight is 215 g/mol. The van der Waals surface area contributed by atoms with Crippen LogP contribution < -0.4 is 0 Å². The molecule has 0 aromatic rings. The van der Waals surface area contributed by atoms with Gasteiger partial charge in [0.2, 0.25) is 5.91 Å². The van der Waals surface area contributed by atoms with Crippen molar-refractivity contribution in [2.75, 3.05) is 13.6 Å². The first-order valence-electron chi connectivity index (χ1n) is 5.49. The van der Waals surface area contributed by atoms with E-state index in [1.807, 2.05) is 11.9 Å². The van der Waals surface area contributed by atoms with E-state index in [2.05, 4.69) is 26.9 Å². The minimum Gasteiger partial charge on any atom is -0.346 e. The van der Waals surface area contributed by atoms with Crippen LogP contribution in [-0.2, 0) is 4.79 Å². The first kappa shape index (κ1) is 13.7. The summed E-state index contributed by atoms with van der Waals surface area (Å²) < 4.78 is 0. The second kappa shape index (κ2) is 5.54. The molecule has 0 aliphatic rings. The Bertz CT molecular complexity index is 190. The Labute approximate surface area is 89.7 Å². The molecule has 84 valence electrons. The summed E-state index contributed by atoms with van der Waals surface area (Å²) in [4.78, 5) is 12.8. The van der Waals surface area contributed by atoms with E-state index >= 15 is 0 Å². The number of hydrogen-bond acceptors (Lipinski definition) is 1. The van der Waals surface area contributed by atoms with Crippen molar-refractivity contribution in [1.82, 2.24) is 4.90 Å².